The molecular weight excluding hydrogens is 206 g/mol. The van der Waals surface area contributed by atoms with Crippen LogP contribution in [0, 0.1) is 5.92 Å². The average Bonchev–Trinajstić information content (AvgIpc) is 2.94. The summed E-state index contributed by atoms with van der Waals surface area (Å²) in [6, 6.07) is 8.77. The first-order valence-corrected chi connectivity index (χ1v) is 6.67. The van der Waals surface area contributed by atoms with Gasteiger partial charge in [-0.1, -0.05) is 37.3 Å². The minimum absolute atomic E-state index is 0.644. The Balaban J connectivity index is 2.05. The highest BCUT2D eigenvalue weighted by molar-refractivity contribution is 5.86. The highest BCUT2D eigenvalue weighted by Gasteiger charge is 2.37. The van der Waals surface area contributed by atoms with Gasteiger partial charge in [0.15, 0.2) is 0 Å². The fraction of sp³-hybridized carbons (Fsp3) is 0.375. The molecule has 0 aliphatic heterocycles. The van der Waals surface area contributed by atoms with Gasteiger partial charge < -0.3 is 4.98 Å². The molecule has 2 bridgehead atoms. The zero-order valence-electron chi connectivity index (χ0n) is 10.1. The van der Waals surface area contributed by atoms with Crippen LogP contribution >= 0.6 is 0 Å². The Morgan fingerprint density at radius 2 is 2.12 bits per heavy atom. The van der Waals surface area contributed by atoms with Crippen LogP contribution in [-0.4, -0.2) is 4.98 Å². The van der Waals surface area contributed by atoms with E-state index in [1.807, 2.05) is 0 Å². The lowest BCUT2D eigenvalue weighted by atomic mass is 9.75. The molecule has 1 heteroatoms. The molecular formula is C16H17N. The molecule has 2 aliphatic rings. The molecule has 0 spiro atoms. The van der Waals surface area contributed by atoms with Crippen molar-refractivity contribution in [3.63, 3.8) is 0 Å². The molecule has 0 saturated carbocycles. The van der Waals surface area contributed by atoms with Gasteiger partial charge in [0.25, 0.3) is 0 Å². The van der Waals surface area contributed by atoms with E-state index in [1.165, 1.54) is 29.4 Å². The molecule has 1 N–H and O–H groups in total. The minimum atomic E-state index is 0.644. The van der Waals surface area contributed by atoms with Crippen molar-refractivity contribution in [1.82, 2.24) is 4.98 Å². The highest BCUT2D eigenvalue weighted by atomic mass is 14.7. The van der Waals surface area contributed by atoms with Gasteiger partial charge in [-0.05, 0) is 36.3 Å². The molecule has 0 radical (unpaired) electrons. The second-order valence-corrected chi connectivity index (χ2v) is 5.40. The maximum Gasteiger partial charge on any atom is 0.0459 e. The second kappa shape index (κ2) is 3.25. The third-order valence-corrected chi connectivity index (χ3v) is 4.59. The summed E-state index contributed by atoms with van der Waals surface area (Å²) in [5, 5.41) is 1.45. The van der Waals surface area contributed by atoms with Crippen molar-refractivity contribution in [2.24, 2.45) is 5.92 Å². The Kier molecular flexibility index (Phi) is 1.82. The predicted octanol–water partition coefficient (Wildman–Crippen LogP) is 4.33. The number of benzene rings is 1. The standard InChI is InChI=1S/C16H17N/c1-2-12-10-7-8-11(9-10)16-15(12)13-5-3-4-6-14(13)17-16/h3-8,10-12,17H,2,9H2,1H3. The normalized spacial score (nSPS) is 29.8. The SMILES string of the molecule is CCC1c2c([nH]c3ccccc23)C2C=CC1C2. The van der Waals surface area contributed by atoms with Gasteiger partial charge >= 0.3 is 0 Å². The van der Waals surface area contributed by atoms with E-state index in [4.69, 9.17) is 0 Å². The van der Waals surface area contributed by atoms with Crippen molar-refractivity contribution in [3.05, 3.63) is 47.7 Å². The Labute approximate surface area is 102 Å². The minimum Gasteiger partial charge on any atom is -0.358 e. The molecule has 17 heavy (non-hydrogen) atoms. The van der Waals surface area contributed by atoms with Crippen LogP contribution in [0.2, 0.25) is 0 Å². The van der Waals surface area contributed by atoms with E-state index >= 15 is 0 Å². The van der Waals surface area contributed by atoms with Crippen molar-refractivity contribution >= 4 is 10.9 Å². The fourth-order valence-corrected chi connectivity index (χ4v) is 3.84. The van der Waals surface area contributed by atoms with Crippen LogP contribution in [0.3, 0.4) is 0 Å². The number of nitrogens with one attached hydrogen (secondary N) is 1. The molecule has 1 nitrogen and oxygen atoms in total. The predicted molar refractivity (Wildman–Crippen MR) is 71.3 cm³/mol. The van der Waals surface area contributed by atoms with Crippen LogP contribution < -0.4 is 0 Å². The van der Waals surface area contributed by atoms with Crippen molar-refractivity contribution in [3.8, 4) is 0 Å². The molecule has 2 aliphatic carbocycles. The van der Waals surface area contributed by atoms with E-state index in [0.717, 1.165) is 11.8 Å². The molecule has 1 aromatic heterocycles. The van der Waals surface area contributed by atoms with Crippen molar-refractivity contribution < 1.29 is 0 Å². The van der Waals surface area contributed by atoms with Crippen LogP contribution in [0.4, 0.5) is 0 Å². The first kappa shape index (κ1) is 9.52. The summed E-state index contributed by atoms with van der Waals surface area (Å²) < 4.78 is 0. The van der Waals surface area contributed by atoms with Gasteiger partial charge in [0.05, 0.1) is 0 Å². The van der Waals surface area contributed by atoms with Crippen LogP contribution in [-0.2, 0) is 0 Å². The van der Waals surface area contributed by atoms with Gasteiger partial charge in [-0.2, -0.15) is 0 Å². The first-order valence-electron chi connectivity index (χ1n) is 6.67. The maximum atomic E-state index is 3.66. The zero-order valence-corrected chi connectivity index (χ0v) is 10.1. The molecule has 0 fully saturated rings. The summed E-state index contributed by atoms with van der Waals surface area (Å²) >= 11 is 0. The number of aromatic amines is 1. The summed E-state index contributed by atoms with van der Waals surface area (Å²) in [6.45, 7) is 2.32. The lowest BCUT2D eigenvalue weighted by Gasteiger charge is -2.29. The number of H-pyrrole nitrogens is 1. The summed E-state index contributed by atoms with van der Waals surface area (Å²) in [5.41, 5.74) is 4.41. The molecule has 3 atom stereocenters. The lowest BCUT2D eigenvalue weighted by molar-refractivity contribution is 0.439. The molecule has 0 amide bonds. The average molecular weight is 223 g/mol. The highest BCUT2D eigenvalue weighted by Crippen LogP contribution is 2.51. The third-order valence-electron chi connectivity index (χ3n) is 4.59. The van der Waals surface area contributed by atoms with Crippen LogP contribution in [0.25, 0.3) is 10.9 Å². The summed E-state index contributed by atoms with van der Waals surface area (Å²) in [6.07, 6.45) is 7.42. The number of hydrogen-bond donors (Lipinski definition) is 1. The number of allylic oxidation sites excluding steroid dienone is 2. The van der Waals surface area contributed by atoms with Crippen LogP contribution in [0.5, 0.6) is 0 Å². The van der Waals surface area contributed by atoms with E-state index in [0.29, 0.717) is 5.92 Å². The first-order chi connectivity index (χ1) is 8.38. The lowest BCUT2D eigenvalue weighted by Crippen LogP contribution is -2.16. The van der Waals surface area contributed by atoms with E-state index < -0.39 is 0 Å². The Hall–Kier alpha value is -1.50. The molecule has 3 unspecified atom stereocenters. The second-order valence-electron chi connectivity index (χ2n) is 5.40. The molecule has 0 saturated heterocycles. The van der Waals surface area contributed by atoms with Gasteiger partial charge in [-0.15, -0.1) is 0 Å². The Morgan fingerprint density at radius 1 is 1.24 bits per heavy atom. The fourth-order valence-electron chi connectivity index (χ4n) is 3.84. The Bertz CT molecular complexity index is 605. The third kappa shape index (κ3) is 1.14. The van der Waals surface area contributed by atoms with E-state index in [-0.39, 0.29) is 0 Å². The summed E-state index contributed by atoms with van der Waals surface area (Å²) in [7, 11) is 0. The molecule has 86 valence electrons. The largest absolute Gasteiger partial charge is 0.358 e. The Morgan fingerprint density at radius 3 is 3.00 bits per heavy atom. The van der Waals surface area contributed by atoms with Crippen molar-refractivity contribution in [2.45, 2.75) is 31.6 Å². The molecule has 4 rings (SSSR count). The monoisotopic (exact) mass is 223 g/mol. The summed E-state index contributed by atoms with van der Waals surface area (Å²) in [5.74, 6) is 2.14. The maximum absolute atomic E-state index is 3.66. The smallest absolute Gasteiger partial charge is 0.0459 e. The van der Waals surface area contributed by atoms with Gasteiger partial charge in [0, 0.05) is 22.5 Å². The number of fused-ring (bicyclic) bond motifs is 6. The van der Waals surface area contributed by atoms with Gasteiger partial charge in [0.2, 0.25) is 0 Å². The van der Waals surface area contributed by atoms with Gasteiger partial charge in [-0.3, -0.25) is 0 Å². The quantitative estimate of drug-likeness (QED) is 0.692. The summed E-state index contributed by atoms with van der Waals surface area (Å²) in [4.78, 5) is 3.66. The van der Waals surface area contributed by atoms with Crippen molar-refractivity contribution in [1.29, 1.82) is 0 Å². The van der Waals surface area contributed by atoms with Crippen LogP contribution in [0.15, 0.2) is 36.4 Å². The molecule has 1 aromatic carbocycles. The van der Waals surface area contributed by atoms with E-state index in [2.05, 4.69) is 48.3 Å². The van der Waals surface area contributed by atoms with Gasteiger partial charge in [0.1, 0.15) is 0 Å². The number of aromatic nitrogens is 1. The topological polar surface area (TPSA) is 15.8 Å². The van der Waals surface area contributed by atoms with Gasteiger partial charge in [-0.25, -0.2) is 0 Å². The zero-order chi connectivity index (χ0) is 11.4. The molecule has 1 heterocycles. The van der Waals surface area contributed by atoms with Crippen molar-refractivity contribution in [2.75, 3.05) is 0 Å². The number of hydrogen-bond acceptors (Lipinski definition) is 0. The van der Waals surface area contributed by atoms with E-state index in [9.17, 15) is 0 Å². The number of rotatable bonds is 1. The van der Waals surface area contributed by atoms with Crippen LogP contribution in [0.1, 0.15) is 42.9 Å². The van der Waals surface area contributed by atoms with E-state index in [1.54, 1.807) is 5.56 Å². The number of para-hydroxylation sites is 1. The molecule has 2 aromatic rings.